The molecule has 3 aromatic rings. The topological polar surface area (TPSA) is 52.5 Å². The predicted molar refractivity (Wildman–Crippen MR) is 81.0 cm³/mol. The summed E-state index contributed by atoms with van der Waals surface area (Å²) < 4.78 is 0. The standard InChI is InChI=1S/C16H10ClN3/c17-13-7-5-11(6-8-13)9-12(10-18)16-19-14-3-1-2-4-15(14)20-16/h1-9H,(H,19,20)/b12-9-. The highest BCUT2D eigenvalue weighted by atomic mass is 35.5. The smallest absolute Gasteiger partial charge is 0.149 e. The summed E-state index contributed by atoms with van der Waals surface area (Å²) in [7, 11) is 0. The quantitative estimate of drug-likeness (QED) is 0.712. The number of nitrogens with one attached hydrogen (secondary N) is 1. The molecule has 0 radical (unpaired) electrons. The van der Waals surface area contributed by atoms with Gasteiger partial charge in [0, 0.05) is 5.02 Å². The van der Waals surface area contributed by atoms with Gasteiger partial charge in [-0.3, -0.25) is 0 Å². The van der Waals surface area contributed by atoms with Gasteiger partial charge in [-0.2, -0.15) is 5.26 Å². The van der Waals surface area contributed by atoms with Crippen molar-refractivity contribution in [2.75, 3.05) is 0 Å². The van der Waals surface area contributed by atoms with E-state index in [-0.39, 0.29) is 0 Å². The van der Waals surface area contributed by atoms with Crippen molar-refractivity contribution in [3.05, 3.63) is 64.9 Å². The molecule has 0 fully saturated rings. The summed E-state index contributed by atoms with van der Waals surface area (Å²) in [6.45, 7) is 0. The lowest BCUT2D eigenvalue weighted by atomic mass is 10.1. The van der Waals surface area contributed by atoms with Crippen LogP contribution in [0.15, 0.2) is 48.5 Å². The van der Waals surface area contributed by atoms with Gasteiger partial charge in [0.2, 0.25) is 0 Å². The maximum absolute atomic E-state index is 9.32. The third-order valence-corrected chi connectivity index (χ3v) is 3.20. The van der Waals surface area contributed by atoms with Crippen molar-refractivity contribution in [3.8, 4) is 6.07 Å². The van der Waals surface area contributed by atoms with E-state index in [1.807, 2.05) is 36.4 Å². The van der Waals surface area contributed by atoms with Crippen LogP contribution in [0.2, 0.25) is 5.02 Å². The van der Waals surface area contributed by atoms with Gasteiger partial charge < -0.3 is 4.98 Å². The number of H-pyrrole nitrogens is 1. The number of benzene rings is 2. The lowest BCUT2D eigenvalue weighted by Crippen LogP contribution is -1.84. The van der Waals surface area contributed by atoms with Gasteiger partial charge in [0.05, 0.1) is 16.6 Å². The molecule has 1 N–H and O–H groups in total. The van der Waals surface area contributed by atoms with Crippen molar-refractivity contribution in [1.82, 2.24) is 9.97 Å². The molecule has 20 heavy (non-hydrogen) atoms. The maximum atomic E-state index is 9.32. The number of rotatable bonds is 2. The molecule has 0 amide bonds. The van der Waals surface area contributed by atoms with Crippen LogP contribution in [0, 0.1) is 11.3 Å². The second-order valence-electron chi connectivity index (χ2n) is 4.32. The number of allylic oxidation sites excluding steroid dienone is 1. The Bertz CT molecular complexity index is 790. The maximum Gasteiger partial charge on any atom is 0.149 e. The average molecular weight is 280 g/mol. The van der Waals surface area contributed by atoms with Gasteiger partial charge in [-0.25, -0.2) is 4.98 Å². The van der Waals surface area contributed by atoms with Crippen molar-refractivity contribution in [2.24, 2.45) is 0 Å². The Morgan fingerprint density at radius 2 is 1.90 bits per heavy atom. The van der Waals surface area contributed by atoms with E-state index in [9.17, 15) is 5.26 Å². The van der Waals surface area contributed by atoms with Crippen LogP contribution in [-0.4, -0.2) is 9.97 Å². The molecule has 1 heterocycles. The minimum absolute atomic E-state index is 0.489. The minimum Gasteiger partial charge on any atom is -0.337 e. The van der Waals surface area contributed by atoms with E-state index in [0.717, 1.165) is 16.6 Å². The number of hydrogen-bond acceptors (Lipinski definition) is 2. The van der Waals surface area contributed by atoms with Crippen molar-refractivity contribution in [1.29, 1.82) is 5.26 Å². The summed E-state index contributed by atoms with van der Waals surface area (Å²) in [6, 6.07) is 17.2. The molecular weight excluding hydrogens is 270 g/mol. The van der Waals surface area contributed by atoms with Gasteiger partial charge in [0.25, 0.3) is 0 Å². The lowest BCUT2D eigenvalue weighted by molar-refractivity contribution is 1.27. The summed E-state index contributed by atoms with van der Waals surface area (Å²) in [6.07, 6.45) is 1.79. The Morgan fingerprint density at radius 3 is 2.60 bits per heavy atom. The highest BCUT2D eigenvalue weighted by Crippen LogP contribution is 2.19. The molecule has 0 aliphatic carbocycles. The van der Waals surface area contributed by atoms with Gasteiger partial charge in [0.1, 0.15) is 11.9 Å². The molecule has 0 aliphatic rings. The number of aromatic amines is 1. The van der Waals surface area contributed by atoms with Crippen LogP contribution in [0.3, 0.4) is 0 Å². The fourth-order valence-electron chi connectivity index (χ4n) is 1.96. The van der Waals surface area contributed by atoms with E-state index in [1.54, 1.807) is 18.2 Å². The van der Waals surface area contributed by atoms with Crippen LogP contribution >= 0.6 is 11.6 Å². The molecule has 3 nitrogen and oxygen atoms in total. The number of halogens is 1. The number of para-hydroxylation sites is 2. The zero-order chi connectivity index (χ0) is 13.9. The SMILES string of the molecule is N#C/C(=C/c1ccc(Cl)cc1)c1nc2ccccc2[nH]1. The Hall–Kier alpha value is -2.57. The fourth-order valence-corrected chi connectivity index (χ4v) is 2.09. The van der Waals surface area contributed by atoms with Crippen molar-refractivity contribution in [3.63, 3.8) is 0 Å². The summed E-state index contributed by atoms with van der Waals surface area (Å²) in [5.41, 5.74) is 3.16. The van der Waals surface area contributed by atoms with E-state index in [4.69, 9.17) is 11.6 Å². The predicted octanol–water partition coefficient (Wildman–Crippen LogP) is 4.28. The molecule has 0 unspecified atom stereocenters. The molecule has 1 aromatic heterocycles. The molecule has 0 atom stereocenters. The fraction of sp³-hybridized carbons (Fsp3) is 0. The first-order valence-corrected chi connectivity index (χ1v) is 6.46. The number of fused-ring (bicyclic) bond motifs is 1. The zero-order valence-electron chi connectivity index (χ0n) is 10.5. The van der Waals surface area contributed by atoms with Gasteiger partial charge in [-0.05, 0) is 35.9 Å². The van der Waals surface area contributed by atoms with Gasteiger partial charge in [-0.1, -0.05) is 35.9 Å². The Morgan fingerprint density at radius 1 is 1.15 bits per heavy atom. The van der Waals surface area contributed by atoms with E-state index in [2.05, 4.69) is 16.0 Å². The van der Waals surface area contributed by atoms with Gasteiger partial charge >= 0.3 is 0 Å². The third-order valence-electron chi connectivity index (χ3n) is 2.95. The monoisotopic (exact) mass is 279 g/mol. The van der Waals surface area contributed by atoms with Crippen molar-refractivity contribution >= 4 is 34.3 Å². The van der Waals surface area contributed by atoms with Crippen LogP contribution in [-0.2, 0) is 0 Å². The van der Waals surface area contributed by atoms with Crippen LogP contribution in [0.5, 0.6) is 0 Å². The number of imidazole rings is 1. The van der Waals surface area contributed by atoms with Crippen molar-refractivity contribution < 1.29 is 0 Å². The van der Waals surface area contributed by atoms with Crippen LogP contribution in [0.25, 0.3) is 22.7 Å². The molecule has 96 valence electrons. The molecule has 0 spiro atoms. The molecule has 2 aromatic carbocycles. The molecule has 0 saturated carbocycles. The second-order valence-corrected chi connectivity index (χ2v) is 4.76. The van der Waals surface area contributed by atoms with E-state index < -0.39 is 0 Å². The van der Waals surface area contributed by atoms with Gasteiger partial charge in [0.15, 0.2) is 0 Å². The van der Waals surface area contributed by atoms with Crippen LogP contribution in [0.1, 0.15) is 11.4 Å². The van der Waals surface area contributed by atoms with Crippen molar-refractivity contribution in [2.45, 2.75) is 0 Å². The van der Waals surface area contributed by atoms with Gasteiger partial charge in [-0.15, -0.1) is 0 Å². The van der Waals surface area contributed by atoms with E-state index >= 15 is 0 Å². The van der Waals surface area contributed by atoms with Crippen LogP contribution in [0.4, 0.5) is 0 Å². The summed E-state index contributed by atoms with van der Waals surface area (Å²) in [5, 5.41) is 9.99. The molecule has 0 bridgehead atoms. The Balaban J connectivity index is 2.05. The molecule has 4 heteroatoms. The normalized spacial score (nSPS) is 11.5. The molecule has 3 rings (SSSR count). The number of nitriles is 1. The molecule has 0 aliphatic heterocycles. The number of aromatic nitrogens is 2. The van der Waals surface area contributed by atoms with E-state index in [1.165, 1.54) is 0 Å². The van der Waals surface area contributed by atoms with E-state index in [0.29, 0.717) is 16.4 Å². The Kier molecular flexibility index (Phi) is 3.24. The highest BCUT2D eigenvalue weighted by Gasteiger charge is 2.07. The number of hydrogen-bond donors (Lipinski definition) is 1. The highest BCUT2D eigenvalue weighted by molar-refractivity contribution is 6.30. The molecular formula is C16H10ClN3. The second kappa shape index (κ2) is 5.20. The zero-order valence-corrected chi connectivity index (χ0v) is 11.2. The first kappa shape index (κ1) is 12.5. The number of nitrogens with zero attached hydrogens (tertiary/aromatic N) is 2. The molecule has 0 saturated heterocycles. The average Bonchev–Trinajstić information content (AvgIpc) is 2.90. The summed E-state index contributed by atoms with van der Waals surface area (Å²) in [4.78, 5) is 7.58. The first-order chi connectivity index (χ1) is 9.76. The first-order valence-electron chi connectivity index (χ1n) is 6.09. The lowest BCUT2D eigenvalue weighted by Gasteiger charge is -1.96. The largest absolute Gasteiger partial charge is 0.337 e. The van der Waals surface area contributed by atoms with Crippen LogP contribution < -0.4 is 0 Å². The summed E-state index contributed by atoms with van der Waals surface area (Å²) in [5.74, 6) is 0.573. The minimum atomic E-state index is 0.489. The summed E-state index contributed by atoms with van der Waals surface area (Å²) >= 11 is 5.85. The third kappa shape index (κ3) is 2.42. The Labute approximate surface area is 121 Å².